The molecule has 0 aromatic rings. The predicted molar refractivity (Wildman–Crippen MR) is 82.5 cm³/mol. The zero-order chi connectivity index (χ0) is 15.2. The van der Waals surface area contributed by atoms with Crippen molar-refractivity contribution in [3.05, 3.63) is 0 Å². The second-order valence-corrected chi connectivity index (χ2v) is 6.92. The molecule has 1 aliphatic heterocycles. The van der Waals surface area contributed by atoms with Gasteiger partial charge < -0.3 is 4.74 Å². The van der Waals surface area contributed by atoms with Crippen LogP contribution in [0, 0.1) is 23.2 Å². The van der Waals surface area contributed by atoms with Crippen molar-refractivity contribution in [2.24, 2.45) is 11.3 Å². The van der Waals surface area contributed by atoms with Crippen LogP contribution in [0.3, 0.4) is 0 Å². The second-order valence-electron chi connectivity index (χ2n) is 6.92. The van der Waals surface area contributed by atoms with Crippen LogP contribution in [-0.2, 0) is 9.53 Å². The monoisotopic (exact) mass is 279 g/mol. The van der Waals surface area contributed by atoms with Crippen LogP contribution in [0.2, 0.25) is 0 Å². The predicted octanol–water partition coefficient (Wildman–Crippen LogP) is 2.74. The van der Waals surface area contributed by atoms with Gasteiger partial charge in [0, 0.05) is 30.8 Å². The lowest BCUT2D eigenvalue weighted by molar-refractivity contribution is -0.127. The average molecular weight is 279 g/mol. The third-order valence-corrected chi connectivity index (χ3v) is 3.45. The Morgan fingerprint density at radius 3 is 2.70 bits per heavy atom. The van der Waals surface area contributed by atoms with Crippen molar-refractivity contribution in [1.29, 1.82) is 0 Å². The number of carbonyl (C=O) groups is 1. The van der Waals surface area contributed by atoms with Crippen molar-refractivity contribution >= 4 is 5.78 Å². The number of ether oxygens (including phenoxy) is 1. The maximum absolute atomic E-state index is 11.9. The van der Waals surface area contributed by atoms with Crippen molar-refractivity contribution in [3.8, 4) is 11.8 Å². The van der Waals surface area contributed by atoms with Crippen LogP contribution >= 0.6 is 0 Å². The van der Waals surface area contributed by atoms with Gasteiger partial charge in [0.15, 0.2) is 0 Å². The molecule has 0 saturated carbocycles. The third kappa shape index (κ3) is 6.54. The van der Waals surface area contributed by atoms with Gasteiger partial charge in [0.2, 0.25) is 0 Å². The Kier molecular flexibility index (Phi) is 6.71. The van der Waals surface area contributed by atoms with Gasteiger partial charge in [0.05, 0.1) is 19.3 Å². The van der Waals surface area contributed by atoms with Crippen LogP contribution in [0.1, 0.15) is 47.5 Å². The molecule has 0 unspecified atom stereocenters. The van der Waals surface area contributed by atoms with Gasteiger partial charge in [-0.05, 0) is 6.42 Å². The minimum atomic E-state index is -0.239. The van der Waals surface area contributed by atoms with Crippen LogP contribution < -0.4 is 0 Å². The van der Waals surface area contributed by atoms with E-state index < -0.39 is 0 Å². The van der Waals surface area contributed by atoms with Crippen molar-refractivity contribution < 1.29 is 9.53 Å². The molecule has 1 saturated heterocycles. The first-order valence-corrected chi connectivity index (χ1v) is 7.64. The van der Waals surface area contributed by atoms with Crippen LogP contribution in [-0.4, -0.2) is 43.0 Å². The topological polar surface area (TPSA) is 29.5 Å². The number of hydrogen-bond donors (Lipinski definition) is 0. The summed E-state index contributed by atoms with van der Waals surface area (Å²) in [4.78, 5) is 14.3. The van der Waals surface area contributed by atoms with Crippen LogP contribution in [0.25, 0.3) is 0 Å². The Labute approximate surface area is 124 Å². The summed E-state index contributed by atoms with van der Waals surface area (Å²) in [5.74, 6) is 7.15. The first-order valence-electron chi connectivity index (χ1n) is 7.64. The van der Waals surface area contributed by atoms with E-state index in [4.69, 9.17) is 4.74 Å². The Morgan fingerprint density at radius 2 is 2.10 bits per heavy atom. The number of Topliss-reactive ketones (excluding diaryl/α,β-unsaturated/α-hetero) is 1. The minimum absolute atomic E-state index is 0.177. The van der Waals surface area contributed by atoms with E-state index >= 15 is 0 Å². The van der Waals surface area contributed by atoms with Crippen LogP contribution in [0.15, 0.2) is 0 Å². The summed E-state index contributed by atoms with van der Waals surface area (Å²) in [5, 5.41) is 0. The summed E-state index contributed by atoms with van der Waals surface area (Å²) in [6, 6.07) is 0. The molecule has 0 aromatic heterocycles. The highest BCUT2D eigenvalue weighted by atomic mass is 16.5. The standard InChI is InChI=1S/C17H29NO2/c1-14(2)7-6-10-18-11-12-20-15(13-18)8-9-16(19)17(3,4)5/h14-15H,8-13H2,1-5H3/t15-/m0/s1. The highest BCUT2D eigenvalue weighted by Gasteiger charge is 2.24. The molecule has 114 valence electrons. The summed E-state index contributed by atoms with van der Waals surface area (Å²) < 4.78 is 5.76. The lowest BCUT2D eigenvalue weighted by atomic mass is 9.87. The Bertz CT molecular complexity index is 371. The van der Waals surface area contributed by atoms with E-state index in [1.165, 1.54) is 0 Å². The molecule has 0 amide bonds. The second kappa shape index (κ2) is 7.81. The number of ketones is 1. The normalized spacial score (nSPS) is 20.6. The molecule has 20 heavy (non-hydrogen) atoms. The van der Waals surface area contributed by atoms with Crippen molar-refractivity contribution in [3.63, 3.8) is 0 Å². The number of nitrogens with zero attached hydrogens (tertiary/aromatic N) is 1. The smallest absolute Gasteiger partial charge is 0.138 e. The molecule has 1 heterocycles. The van der Waals surface area contributed by atoms with E-state index in [9.17, 15) is 4.79 Å². The van der Waals surface area contributed by atoms with Crippen LogP contribution in [0.4, 0.5) is 0 Å². The van der Waals surface area contributed by atoms with Gasteiger partial charge in [-0.1, -0.05) is 46.5 Å². The highest BCUT2D eigenvalue weighted by Crippen LogP contribution is 2.20. The summed E-state index contributed by atoms with van der Waals surface area (Å²) in [7, 11) is 0. The van der Waals surface area contributed by atoms with E-state index in [0.29, 0.717) is 18.1 Å². The SMILES string of the molecule is CC(C)C#CCN1CCO[C@@H](CCC(=O)C(C)(C)C)C1. The van der Waals surface area contributed by atoms with Crippen LogP contribution in [0.5, 0.6) is 0 Å². The Morgan fingerprint density at radius 1 is 1.40 bits per heavy atom. The van der Waals surface area contributed by atoms with Gasteiger partial charge in [-0.15, -0.1) is 0 Å². The lowest BCUT2D eigenvalue weighted by Crippen LogP contribution is -2.42. The zero-order valence-electron chi connectivity index (χ0n) is 13.7. The molecule has 0 spiro atoms. The molecule has 3 nitrogen and oxygen atoms in total. The maximum atomic E-state index is 11.9. The molecule has 1 rings (SSSR count). The largest absolute Gasteiger partial charge is 0.376 e. The quantitative estimate of drug-likeness (QED) is 0.741. The Balaban J connectivity index is 2.35. The minimum Gasteiger partial charge on any atom is -0.376 e. The molecule has 0 N–H and O–H groups in total. The van der Waals surface area contributed by atoms with E-state index in [-0.39, 0.29) is 11.5 Å². The molecule has 1 aliphatic rings. The van der Waals surface area contributed by atoms with E-state index in [2.05, 4.69) is 30.6 Å². The van der Waals surface area contributed by atoms with Gasteiger partial charge in [-0.2, -0.15) is 0 Å². The van der Waals surface area contributed by atoms with Gasteiger partial charge in [-0.3, -0.25) is 9.69 Å². The summed E-state index contributed by atoms with van der Waals surface area (Å²) >= 11 is 0. The highest BCUT2D eigenvalue weighted by molar-refractivity contribution is 5.83. The molecular weight excluding hydrogens is 250 g/mol. The fourth-order valence-corrected chi connectivity index (χ4v) is 2.13. The molecule has 1 fully saturated rings. The van der Waals surface area contributed by atoms with E-state index in [1.807, 2.05) is 20.8 Å². The van der Waals surface area contributed by atoms with Crippen molar-refractivity contribution in [2.75, 3.05) is 26.2 Å². The molecule has 1 atom stereocenters. The summed E-state index contributed by atoms with van der Waals surface area (Å²) in [6.07, 6.45) is 1.61. The molecule has 0 aromatic carbocycles. The summed E-state index contributed by atoms with van der Waals surface area (Å²) in [5.41, 5.74) is -0.239. The fourth-order valence-electron chi connectivity index (χ4n) is 2.13. The average Bonchev–Trinajstić information content (AvgIpc) is 2.35. The molecule has 0 bridgehead atoms. The van der Waals surface area contributed by atoms with Crippen molar-refractivity contribution in [2.45, 2.75) is 53.6 Å². The molecule has 3 heteroatoms. The number of hydrogen-bond acceptors (Lipinski definition) is 3. The van der Waals surface area contributed by atoms with Gasteiger partial charge in [-0.25, -0.2) is 0 Å². The third-order valence-electron chi connectivity index (χ3n) is 3.45. The maximum Gasteiger partial charge on any atom is 0.138 e. The fraction of sp³-hybridized carbons (Fsp3) is 0.824. The molecule has 0 radical (unpaired) electrons. The lowest BCUT2D eigenvalue weighted by Gasteiger charge is -2.32. The van der Waals surface area contributed by atoms with Gasteiger partial charge in [0.25, 0.3) is 0 Å². The first-order chi connectivity index (χ1) is 9.29. The molecular formula is C17H29NO2. The van der Waals surface area contributed by atoms with Gasteiger partial charge >= 0.3 is 0 Å². The first kappa shape index (κ1) is 17.2. The van der Waals surface area contributed by atoms with E-state index in [1.54, 1.807) is 0 Å². The number of rotatable bonds is 4. The molecule has 0 aliphatic carbocycles. The van der Waals surface area contributed by atoms with E-state index in [0.717, 1.165) is 32.7 Å². The number of carbonyl (C=O) groups excluding carboxylic acids is 1. The summed E-state index contributed by atoms with van der Waals surface area (Å²) in [6.45, 7) is 13.5. The van der Waals surface area contributed by atoms with Gasteiger partial charge in [0.1, 0.15) is 5.78 Å². The number of morpholine rings is 1. The van der Waals surface area contributed by atoms with Crippen molar-refractivity contribution in [1.82, 2.24) is 4.90 Å². The zero-order valence-corrected chi connectivity index (χ0v) is 13.7. The Hall–Kier alpha value is -0.850.